The molecular formula is C20H26BN5O6. The molecule has 1 aliphatic heterocycles. The fraction of sp³-hybridized carbons (Fsp3) is 0.450. The summed E-state index contributed by atoms with van der Waals surface area (Å²) in [7, 11) is -1.31. The molecule has 0 unspecified atom stereocenters. The largest absolute Gasteiger partial charge is 0.535 e. The molecule has 11 nitrogen and oxygen atoms in total. The van der Waals surface area contributed by atoms with E-state index >= 15 is 0 Å². The molecule has 0 aliphatic carbocycles. The van der Waals surface area contributed by atoms with Gasteiger partial charge in [0, 0.05) is 18.8 Å². The molecule has 2 heterocycles. The molecule has 0 fully saturated rings. The summed E-state index contributed by atoms with van der Waals surface area (Å²) in [4.78, 5) is 36.1. The lowest BCUT2D eigenvalue weighted by atomic mass is 9.64. The molecule has 1 atom stereocenters. The van der Waals surface area contributed by atoms with Crippen molar-refractivity contribution < 1.29 is 29.2 Å². The Labute approximate surface area is 185 Å². The molecule has 1 aliphatic rings. The molecule has 0 saturated carbocycles. The van der Waals surface area contributed by atoms with Crippen molar-refractivity contribution in [3.8, 4) is 5.75 Å². The molecule has 32 heavy (non-hydrogen) atoms. The second-order valence-corrected chi connectivity index (χ2v) is 8.67. The number of carboxylic acid groups (broad SMARTS) is 1. The molecule has 0 saturated heterocycles. The summed E-state index contributed by atoms with van der Waals surface area (Å²) in [5.41, 5.74) is 6.07. The van der Waals surface area contributed by atoms with Crippen LogP contribution in [0.5, 0.6) is 5.75 Å². The van der Waals surface area contributed by atoms with Crippen molar-refractivity contribution in [3.05, 3.63) is 41.2 Å². The van der Waals surface area contributed by atoms with Gasteiger partial charge in [-0.25, -0.2) is 9.48 Å². The number of nitrogens with zero attached hydrogens (tertiary/aromatic N) is 3. The second-order valence-electron chi connectivity index (χ2n) is 8.67. The summed E-state index contributed by atoms with van der Waals surface area (Å²) in [6.45, 7) is 4.51. The van der Waals surface area contributed by atoms with Crippen molar-refractivity contribution in [2.45, 2.75) is 39.1 Å². The Morgan fingerprint density at radius 3 is 2.81 bits per heavy atom. The number of fused-ring (bicyclic) bond motifs is 1. The third kappa shape index (κ3) is 5.51. The predicted molar refractivity (Wildman–Crippen MR) is 114 cm³/mol. The van der Waals surface area contributed by atoms with Crippen molar-refractivity contribution in [3.63, 3.8) is 0 Å². The Morgan fingerprint density at radius 2 is 2.12 bits per heavy atom. The third-order valence-corrected chi connectivity index (χ3v) is 5.33. The van der Waals surface area contributed by atoms with E-state index in [1.807, 2.05) is 13.8 Å². The van der Waals surface area contributed by atoms with Crippen molar-refractivity contribution >= 4 is 24.8 Å². The lowest BCUT2D eigenvalue weighted by molar-refractivity contribution is -0.120. The first-order valence-electron chi connectivity index (χ1n) is 10.2. The molecule has 170 valence electrons. The molecule has 0 spiro atoms. The smallest absolute Gasteiger partial charge is 0.526 e. The van der Waals surface area contributed by atoms with E-state index in [9.17, 15) is 24.5 Å². The van der Waals surface area contributed by atoms with Crippen molar-refractivity contribution in [2.75, 3.05) is 13.1 Å². The van der Waals surface area contributed by atoms with Crippen LogP contribution in [-0.2, 0) is 17.8 Å². The lowest BCUT2D eigenvalue weighted by Crippen LogP contribution is -2.38. The number of para-hydroxylation sites is 1. The van der Waals surface area contributed by atoms with Crippen LogP contribution in [0.15, 0.2) is 24.4 Å². The number of ketones is 1. The van der Waals surface area contributed by atoms with E-state index in [1.165, 1.54) is 16.9 Å². The molecule has 2 aromatic rings. The summed E-state index contributed by atoms with van der Waals surface area (Å²) in [5, 5.41) is 29.9. The molecule has 3 rings (SSSR count). The van der Waals surface area contributed by atoms with Crippen LogP contribution in [0.3, 0.4) is 0 Å². The van der Waals surface area contributed by atoms with Gasteiger partial charge in [0.25, 0.3) is 5.91 Å². The zero-order valence-corrected chi connectivity index (χ0v) is 17.9. The van der Waals surface area contributed by atoms with Gasteiger partial charge in [0.15, 0.2) is 11.5 Å². The number of hydrogen-bond donors (Lipinski definition) is 4. The number of carboxylic acids is 1. The van der Waals surface area contributed by atoms with Gasteiger partial charge in [-0.1, -0.05) is 31.2 Å². The molecule has 1 aromatic heterocycles. The minimum Gasteiger partial charge on any atom is -0.535 e. The van der Waals surface area contributed by atoms with Crippen LogP contribution in [0, 0.1) is 5.41 Å². The van der Waals surface area contributed by atoms with Crippen LogP contribution in [0.2, 0.25) is 5.82 Å². The molecule has 0 bridgehead atoms. The normalized spacial score (nSPS) is 15.6. The van der Waals surface area contributed by atoms with E-state index in [2.05, 4.69) is 15.6 Å². The Morgan fingerprint density at radius 1 is 1.38 bits per heavy atom. The average Bonchev–Trinajstić information content (AvgIpc) is 3.20. The Balaban J connectivity index is 1.58. The van der Waals surface area contributed by atoms with E-state index in [-0.39, 0.29) is 41.2 Å². The molecular weight excluding hydrogens is 417 g/mol. The van der Waals surface area contributed by atoms with Crippen molar-refractivity contribution in [2.24, 2.45) is 11.1 Å². The Hall–Kier alpha value is -3.25. The number of Topliss-reactive ketones (excluding diaryl/α,β-unsaturated/α-hetero) is 1. The second kappa shape index (κ2) is 9.49. The number of nitrogens with two attached hydrogens (primary N) is 1. The molecule has 1 amide bonds. The lowest BCUT2D eigenvalue weighted by Gasteiger charge is -2.27. The summed E-state index contributed by atoms with van der Waals surface area (Å²) < 4.78 is 6.67. The molecule has 1 aromatic carbocycles. The van der Waals surface area contributed by atoms with Gasteiger partial charge in [-0.15, -0.1) is 5.10 Å². The maximum Gasteiger partial charge on any atom is 0.526 e. The van der Waals surface area contributed by atoms with Crippen LogP contribution < -0.4 is 15.7 Å². The number of nitrogens with one attached hydrogen (secondary N) is 1. The topological polar surface area (TPSA) is 170 Å². The van der Waals surface area contributed by atoms with Crippen molar-refractivity contribution in [1.29, 1.82) is 0 Å². The molecule has 5 N–H and O–H groups in total. The van der Waals surface area contributed by atoms with E-state index in [1.54, 1.807) is 12.1 Å². The van der Waals surface area contributed by atoms with Crippen molar-refractivity contribution in [1.82, 2.24) is 20.3 Å². The van der Waals surface area contributed by atoms with Crippen LogP contribution in [0.25, 0.3) is 0 Å². The Bertz CT molecular complexity index is 1020. The molecule has 12 heteroatoms. The van der Waals surface area contributed by atoms with E-state index in [4.69, 9.17) is 10.4 Å². The minimum absolute atomic E-state index is 0.00994. The first-order chi connectivity index (χ1) is 15.1. The number of benzene rings is 1. The highest BCUT2D eigenvalue weighted by atomic mass is 16.5. The summed E-state index contributed by atoms with van der Waals surface area (Å²) in [6.07, 6.45) is 1.67. The maximum absolute atomic E-state index is 12.5. The van der Waals surface area contributed by atoms with Gasteiger partial charge in [-0.2, -0.15) is 0 Å². The van der Waals surface area contributed by atoms with E-state index < -0.39 is 24.8 Å². The monoisotopic (exact) mass is 443 g/mol. The number of amides is 1. The standard InChI is InChI=1S/C20H26BN5O6/c1-20(2,10-22)11-23-18(28)16-9-26(25-24-16)8-14(27)7-13-6-12-4-3-5-15(19(29)30)17(12)32-21(13)31/h3-5,9,13,31H,6-8,10-11,22H2,1-2H3,(H,23,28)(H,29,30)/t13-/m1/s1. The number of hydrogen-bond acceptors (Lipinski definition) is 8. The average molecular weight is 443 g/mol. The third-order valence-electron chi connectivity index (χ3n) is 5.33. The highest BCUT2D eigenvalue weighted by Gasteiger charge is 2.37. The SMILES string of the molecule is CC(C)(CN)CNC(=O)c1cn(CC(=O)C[C@H]2Cc3cccc(C(=O)O)c3OB2O)nn1. The molecule has 0 radical (unpaired) electrons. The fourth-order valence-corrected chi connectivity index (χ4v) is 3.33. The highest BCUT2D eigenvalue weighted by molar-refractivity contribution is 6.47. The number of carbonyl (C=O) groups is 3. The summed E-state index contributed by atoms with van der Waals surface area (Å²) in [6, 6.07) is 4.70. The van der Waals surface area contributed by atoms with Gasteiger partial charge in [0.05, 0.1) is 11.8 Å². The van der Waals surface area contributed by atoms with Gasteiger partial charge in [-0.3, -0.25) is 9.59 Å². The van der Waals surface area contributed by atoms with Gasteiger partial charge in [0.2, 0.25) is 0 Å². The number of rotatable bonds is 9. The first-order valence-corrected chi connectivity index (χ1v) is 10.2. The minimum atomic E-state index is -1.31. The number of carbonyl (C=O) groups excluding carboxylic acids is 2. The fourth-order valence-electron chi connectivity index (χ4n) is 3.33. The van der Waals surface area contributed by atoms with E-state index in [0.717, 1.165) is 0 Å². The van der Waals surface area contributed by atoms with Crippen LogP contribution >= 0.6 is 0 Å². The first kappa shape index (κ1) is 23.4. The zero-order valence-electron chi connectivity index (χ0n) is 17.9. The van der Waals surface area contributed by atoms with Gasteiger partial charge in [0.1, 0.15) is 12.3 Å². The van der Waals surface area contributed by atoms with Crippen LogP contribution in [0.1, 0.15) is 46.7 Å². The highest BCUT2D eigenvalue weighted by Crippen LogP contribution is 2.36. The van der Waals surface area contributed by atoms with Gasteiger partial charge < -0.3 is 25.8 Å². The number of aromatic carboxylic acids is 1. The Kier molecular flexibility index (Phi) is 6.95. The van der Waals surface area contributed by atoms with Gasteiger partial charge in [-0.05, 0) is 30.0 Å². The quantitative estimate of drug-likeness (QED) is 0.394. The zero-order chi connectivity index (χ0) is 23.5. The number of aromatic nitrogens is 3. The maximum atomic E-state index is 12.5. The van der Waals surface area contributed by atoms with Gasteiger partial charge >= 0.3 is 13.1 Å². The van der Waals surface area contributed by atoms with E-state index in [0.29, 0.717) is 25.1 Å². The predicted octanol–water partition coefficient (Wildman–Crippen LogP) is 0.136. The van der Waals surface area contributed by atoms with Crippen LogP contribution in [-0.4, -0.2) is 63.0 Å². The summed E-state index contributed by atoms with van der Waals surface area (Å²) in [5.74, 6) is -2.21. The summed E-state index contributed by atoms with van der Waals surface area (Å²) >= 11 is 0. The van der Waals surface area contributed by atoms with Crippen LogP contribution in [0.4, 0.5) is 0 Å².